The number of hydrogen-bond donors (Lipinski definition) is 1. The SMILES string of the molecule is COc1nc(N(C)C)ncc1N. The standard InChI is InChI=1S/C7H12N4O/c1-11(2)7-9-4-5(8)6(10-7)12-3/h4H,8H2,1-3H3. The van der Waals surface area contributed by atoms with Crippen molar-refractivity contribution in [2.75, 3.05) is 31.8 Å². The summed E-state index contributed by atoms with van der Waals surface area (Å²) in [4.78, 5) is 9.83. The van der Waals surface area contributed by atoms with Crippen molar-refractivity contribution in [2.45, 2.75) is 0 Å². The van der Waals surface area contributed by atoms with E-state index in [0.29, 0.717) is 17.5 Å². The Bertz CT molecular complexity index is 274. The van der Waals surface area contributed by atoms with Crippen LogP contribution in [0.3, 0.4) is 0 Å². The van der Waals surface area contributed by atoms with Crippen LogP contribution in [0, 0.1) is 0 Å². The van der Waals surface area contributed by atoms with Gasteiger partial charge < -0.3 is 15.4 Å². The van der Waals surface area contributed by atoms with Crippen LogP contribution in [0.2, 0.25) is 0 Å². The minimum atomic E-state index is 0.411. The van der Waals surface area contributed by atoms with Crippen LogP contribution in [-0.4, -0.2) is 31.2 Å². The molecule has 0 bridgehead atoms. The molecule has 0 radical (unpaired) electrons. The van der Waals surface area contributed by atoms with E-state index in [4.69, 9.17) is 10.5 Å². The monoisotopic (exact) mass is 168 g/mol. The summed E-state index contributed by atoms with van der Waals surface area (Å²) in [6, 6.07) is 0. The molecule has 0 aromatic carbocycles. The lowest BCUT2D eigenvalue weighted by Gasteiger charge is -2.11. The van der Waals surface area contributed by atoms with E-state index in [-0.39, 0.29) is 0 Å². The summed E-state index contributed by atoms with van der Waals surface area (Å²) in [5.74, 6) is 0.995. The minimum Gasteiger partial charge on any atom is -0.479 e. The molecule has 0 aliphatic rings. The van der Waals surface area contributed by atoms with Gasteiger partial charge >= 0.3 is 0 Å². The van der Waals surface area contributed by atoms with Crippen molar-refractivity contribution < 1.29 is 4.74 Å². The van der Waals surface area contributed by atoms with E-state index < -0.39 is 0 Å². The summed E-state index contributed by atoms with van der Waals surface area (Å²) in [6.07, 6.45) is 1.53. The molecule has 1 aromatic rings. The van der Waals surface area contributed by atoms with Crippen molar-refractivity contribution in [3.8, 4) is 5.88 Å². The number of nitrogens with zero attached hydrogens (tertiary/aromatic N) is 3. The normalized spacial score (nSPS) is 9.58. The quantitative estimate of drug-likeness (QED) is 0.680. The molecule has 1 aromatic heterocycles. The van der Waals surface area contributed by atoms with E-state index in [0.717, 1.165) is 0 Å². The maximum atomic E-state index is 5.53. The molecular formula is C7H12N4O. The fourth-order valence-corrected chi connectivity index (χ4v) is 0.746. The molecular weight excluding hydrogens is 156 g/mol. The Morgan fingerprint density at radius 2 is 2.17 bits per heavy atom. The zero-order chi connectivity index (χ0) is 9.14. The van der Waals surface area contributed by atoms with Crippen LogP contribution < -0.4 is 15.4 Å². The van der Waals surface area contributed by atoms with Crippen LogP contribution in [0.4, 0.5) is 11.6 Å². The summed E-state index contributed by atoms with van der Waals surface area (Å²) in [6.45, 7) is 0. The van der Waals surface area contributed by atoms with Crippen molar-refractivity contribution >= 4 is 11.6 Å². The van der Waals surface area contributed by atoms with Gasteiger partial charge in [0.25, 0.3) is 0 Å². The van der Waals surface area contributed by atoms with E-state index >= 15 is 0 Å². The Morgan fingerprint density at radius 3 is 2.67 bits per heavy atom. The third-order valence-corrected chi connectivity index (χ3v) is 1.36. The Hall–Kier alpha value is -1.52. The molecule has 5 heteroatoms. The molecule has 0 aliphatic carbocycles. The Labute approximate surface area is 71.2 Å². The topological polar surface area (TPSA) is 64.3 Å². The van der Waals surface area contributed by atoms with Gasteiger partial charge in [0.15, 0.2) is 0 Å². The molecule has 0 unspecified atom stereocenters. The van der Waals surface area contributed by atoms with Gasteiger partial charge in [-0.25, -0.2) is 4.98 Å². The maximum absolute atomic E-state index is 5.53. The highest BCUT2D eigenvalue weighted by Crippen LogP contribution is 2.18. The summed E-state index contributed by atoms with van der Waals surface area (Å²) in [5, 5.41) is 0. The minimum absolute atomic E-state index is 0.411. The van der Waals surface area contributed by atoms with Crippen LogP contribution in [0.5, 0.6) is 5.88 Å². The average molecular weight is 168 g/mol. The summed E-state index contributed by atoms with van der Waals surface area (Å²) < 4.78 is 4.93. The molecule has 0 atom stereocenters. The number of nitrogen functional groups attached to an aromatic ring is 1. The molecule has 2 N–H and O–H groups in total. The number of nitrogens with two attached hydrogens (primary N) is 1. The predicted molar refractivity (Wildman–Crippen MR) is 47.3 cm³/mol. The number of anilines is 2. The number of rotatable bonds is 2. The maximum Gasteiger partial charge on any atom is 0.241 e. The Kier molecular flexibility index (Phi) is 2.32. The van der Waals surface area contributed by atoms with Gasteiger partial charge in [0, 0.05) is 14.1 Å². The average Bonchev–Trinajstić information content (AvgIpc) is 2.05. The summed E-state index contributed by atoms with van der Waals surface area (Å²) in [5.41, 5.74) is 5.98. The molecule has 12 heavy (non-hydrogen) atoms. The van der Waals surface area contributed by atoms with Crippen molar-refractivity contribution in [3.63, 3.8) is 0 Å². The fourth-order valence-electron chi connectivity index (χ4n) is 0.746. The molecule has 0 fully saturated rings. The highest BCUT2D eigenvalue weighted by Gasteiger charge is 2.04. The molecule has 0 aliphatic heterocycles. The number of aromatic nitrogens is 2. The van der Waals surface area contributed by atoms with Crippen LogP contribution in [0.15, 0.2) is 6.20 Å². The van der Waals surface area contributed by atoms with Gasteiger partial charge in [0.2, 0.25) is 11.8 Å². The van der Waals surface area contributed by atoms with E-state index in [2.05, 4.69) is 9.97 Å². The molecule has 0 spiro atoms. The van der Waals surface area contributed by atoms with E-state index in [1.54, 1.807) is 4.90 Å². The Morgan fingerprint density at radius 1 is 1.50 bits per heavy atom. The van der Waals surface area contributed by atoms with E-state index in [1.807, 2.05) is 14.1 Å². The number of methoxy groups -OCH3 is 1. The van der Waals surface area contributed by atoms with Crippen LogP contribution >= 0.6 is 0 Å². The van der Waals surface area contributed by atoms with Crippen LogP contribution in [0.1, 0.15) is 0 Å². The van der Waals surface area contributed by atoms with Gasteiger partial charge in [-0.15, -0.1) is 0 Å². The van der Waals surface area contributed by atoms with Gasteiger partial charge in [0.1, 0.15) is 5.69 Å². The van der Waals surface area contributed by atoms with Crippen molar-refractivity contribution in [1.29, 1.82) is 0 Å². The van der Waals surface area contributed by atoms with Crippen molar-refractivity contribution in [3.05, 3.63) is 6.20 Å². The first-order valence-corrected chi connectivity index (χ1v) is 3.49. The number of hydrogen-bond acceptors (Lipinski definition) is 5. The molecule has 0 saturated carbocycles. The summed E-state index contributed by atoms with van der Waals surface area (Å²) in [7, 11) is 5.23. The second-order valence-electron chi connectivity index (χ2n) is 2.53. The fraction of sp³-hybridized carbons (Fsp3) is 0.429. The van der Waals surface area contributed by atoms with Gasteiger partial charge in [-0.1, -0.05) is 0 Å². The lowest BCUT2D eigenvalue weighted by Crippen LogP contribution is -2.13. The van der Waals surface area contributed by atoms with Gasteiger partial charge in [-0.2, -0.15) is 4.98 Å². The largest absolute Gasteiger partial charge is 0.479 e. The zero-order valence-corrected chi connectivity index (χ0v) is 7.40. The lowest BCUT2D eigenvalue weighted by molar-refractivity contribution is 0.399. The first kappa shape index (κ1) is 8.58. The molecule has 0 saturated heterocycles. The predicted octanol–water partition coefficient (Wildman–Crippen LogP) is 0.133. The third kappa shape index (κ3) is 1.55. The second-order valence-corrected chi connectivity index (χ2v) is 2.53. The van der Waals surface area contributed by atoms with Gasteiger partial charge in [0.05, 0.1) is 13.3 Å². The third-order valence-electron chi connectivity index (χ3n) is 1.36. The highest BCUT2D eigenvalue weighted by atomic mass is 16.5. The zero-order valence-electron chi connectivity index (χ0n) is 7.40. The van der Waals surface area contributed by atoms with Crippen molar-refractivity contribution in [2.24, 2.45) is 0 Å². The molecule has 0 amide bonds. The second kappa shape index (κ2) is 3.25. The molecule has 1 rings (SSSR count). The van der Waals surface area contributed by atoms with E-state index in [1.165, 1.54) is 13.3 Å². The van der Waals surface area contributed by atoms with Crippen molar-refractivity contribution in [1.82, 2.24) is 9.97 Å². The highest BCUT2D eigenvalue weighted by molar-refractivity contribution is 5.49. The van der Waals surface area contributed by atoms with Gasteiger partial charge in [-0.05, 0) is 0 Å². The first-order valence-electron chi connectivity index (χ1n) is 3.49. The van der Waals surface area contributed by atoms with Gasteiger partial charge in [-0.3, -0.25) is 0 Å². The Balaban J connectivity index is 3.05. The molecule has 5 nitrogen and oxygen atoms in total. The van der Waals surface area contributed by atoms with E-state index in [9.17, 15) is 0 Å². The smallest absolute Gasteiger partial charge is 0.241 e. The van der Waals surface area contributed by atoms with Crippen LogP contribution in [0.25, 0.3) is 0 Å². The number of ether oxygens (including phenoxy) is 1. The van der Waals surface area contributed by atoms with Crippen LogP contribution in [-0.2, 0) is 0 Å². The molecule has 66 valence electrons. The lowest BCUT2D eigenvalue weighted by atomic mass is 10.5. The molecule has 1 heterocycles. The summed E-state index contributed by atoms with van der Waals surface area (Å²) >= 11 is 0. The first-order chi connectivity index (χ1) is 5.65.